The largest absolute Gasteiger partial charge is 0.494 e. The number of halogens is 1. The summed E-state index contributed by atoms with van der Waals surface area (Å²) in [4.78, 5) is 0. The van der Waals surface area contributed by atoms with E-state index in [1.165, 1.54) is 16.7 Å². The van der Waals surface area contributed by atoms with Crippen molar-refractivity contribution < 1.29 is 4.74 Å². The second-order valence-corrected chi connectivity index (χ2v) is 5.89. The molecule has 1 nitrogen and oxygen atoms in total. The minimum Gasteiger partial charge on any atom is -0.494 e. The molecule has 0 bridgehead atoms. The third-order valence-electron chi connectivity index (χ3n) is 3.59. The third kappa shape index (κ3) is 3.74. The van der Waals surface area contributed by atoms with Gasteiger partial charge in [0.1, 0.15) is 5.75 Å². The minimum atomic E-state index is 0.574. The molecule has 2 heteroatoms. The van der Waals surface area contributed by atoms with Crippen molar-refractivity contribution in [1.29, 1.82) is 0 Å². The van der Waals surface area contributed by atoms with E-state index in [0.29, 0.717) is 11.8 Å². The van der Waals surface area contributed by atoms with Crippen molar-refractivity contribution in [2.24, 2.45) is 5.92 Å². The summed E-state index contributed by atoms with van der Waals surface area (Å²) in [5.41, 5.74) is 4.17. The fourth-order valence-electron chi connectivity index (χ4n) is 2.37. The van der Waals surface area contributed by atoms with E-state index in [4.69, 9.17) is 4.74 Å². The lowest BCUT2D eigenvalue weighted by atomic mass is 9.84. The lowest BCUT2D eigenvalue weighted by Crippen LogP contribution is -2.11. The second-order valence-electron chi connectivity index (χ2n) is 5.24. The molecule has 0 saturated carbocycles. The van der Waals surface area contributed by atoms with E-state index in [2.05, 4.69) is 62.7 Å². The van der Waals surface area contributed by atoms with Crippen molar-refractivity contribution >= 4 is 15.9 Å². The molecule has 2 atom stereocenters. The van der Waals surface area contributed by atoms with Crippen molar-refractivity contribution in [2.75, 3.05) is 11.9 Å². The molecule has 18 heavy (non-hydrogen) atoms. The van der Waals surface area contributed by atoms with Gasteiger partial charge < -0.3 is 4.74 Å². The summed E-state index contributed by atoms with van der Waals surface area (Å²) in [6.07, 6.45) is 1.05. The Morgan fingerprint density at radius 1 is 1.17 bits per heavy atom. The van der Waals surface area contributed by atoms with Gasteiger partial charge in [-0.2, -0.15) is 0 Å². The molecule has 0 heterocycles. The maximum absolute atomic E-state index is 5.73. The Kier molecular flexibility index (Phi) is 6.20. The lowest BCUT2D eigenvalue weighted by molar-refractivity contribution is 0.317. The summed E-state index contributed by atoms with van der Waals surface area (Å²) in [5.74, 6) is 2.23. The van der Waals surface area contributed by atoms with Crippen molar-refractivity contribution in [3.8, 4) is 5.75 Å². The molecule has 0 saturated heterocycles. The molecule has 0 radical (unpaired) electrons. The summed E-state index contributed by atoms with van der Waals surface area (Å²) in [6, 6.07) is 4.35. The van der Waals surface area contributed by atoms with E-state index in [1.54, 1.807) is 0 Å². The van der Waals surface area contributed by atoms with Crippen molar-refractivity contribution in [1.82, 2.24) is 0 Å². The number of benzene rings is 1. The Balaban J connectivity index is 3.00. The number of ether oxygens (including phenoxy) is 1. The molecule has 0 aliphatic carbocycles. The van der Waals surface area contributed by atoms with Gasteiger partial charge in [-0.05, 0) is 60.9 Å². The molecule has 2 unspecified atom stereocenters. The highest BCUT2D eigenvalue weighted by molar-refractivity contribution is 9.09. The maximum atomic E-state index is 5.73. The number of rotatable bonds is 6. The summed E-state index contributed by atoms with van der Waals surface area (Å²) >= 11 is 3.59. The average Bonchev–Trinajstić information content (AvgIpc) is 2.34. The quantitative estimate of drug-likeness (QED) is 0.654. The number of hydrogen-bond acceptors (Lipinski definition) is 1. The highest BCUT2D eigenvalue weighted by atomic mass is 79.9. The lowest BCUT2D eigenvalue weighted by Gasteiger charge is -2.23. The average molecular weight is 313 g/mol. The SMILES string of the molecule is CCCOc1cc(C)c(C(C)C(C)CBr)c(C)c1. The van der Waals surface area contributed by atoms with Gasteiger partial charge in [-0.3, -0.25) is 0 Å². The van der Waals surface area contributed by atoms with Crippen LogP contribution in [0.15, 0.2) is 12.1 Å². The van der Waals surface area contributed by atoms with Gasteiger partial charge in [-0.1, -0.05) is 36.7 Å². The Hall–Kier alpha value is -0.500. The highest BCUT2D eigenvalue weighted by Crippen LogP contribution is 2.33. The molecule has 0 aliphatic heterocycles. The van der Waals surface area contributed by atoms with Gasteiger partial charge in [0, 0.05) is 5.33 Å². The van der Waals surface area contributed by atoms with Crippen LogP contribution in [-0.4, -0.2) is 11.9 Å². The molecule has 1 aromatic carbocycles. The summed E-state index contributed by atoms with van der Waals surface area (Å²) in [5, 5.41) is 1.04. The van der Waals surface area contributed by atoms with Crippen molar-refractivity contribution in [3.05, 3.63) is 28.8 Å². The normalized spacial score (nSPS) is 14.3. The van der Waals surface area contributed by atoms with E-state index < -0.39 is 0 Å². The molecule has 0 aromatic heterocycles. The van der Waals surface area contributed by atoms with E-state index in [0.717, 1.165) is 24.1 Å². The molecule has 0 aliphatic rings. The van der Waals surface area contributed by atoms with Gasteiger partial charge in [-0.15, -0.1) is 0 Å². The first-order chi connectivity index (χ1) is 8.51. The van der Waals surface area contributed by atoms with Crippen LogP contribution >= 0.6 is 15.9 Å². The van der Waals surface area contributed by atoms with Gasteiger partial charge in [0.05, 0.1) is 6.61 Å². The maximum Gasteiger partial charge on any atom is 0.119 e. The molecular weight excluding hydrogens is 288 g/mol. The standard InChI is InChI=1S/C16H25BrO/c1-6-7-18-15-8-11(2)16(12(3)9-15)14(5)13(4)10-17/h8-9,13-14H,6-7,10H2,1-5H3. The second kappa shape index (κ2) is 7.18. The number of hydrogen-bond donors (Lipinski definition) is 0. The first kappa shape index (κ1) is 15.6. The van der Waals surface area contributed by atoms with Gasteiger partial charge in [0.2, 0.25) is 0 Å². The summed E-state index contributed by atoms with van der Waals surface area (Å²) < 4.78 is 5.73. The topological polar surface area (TPSA) is 9.23 Å². The predicted octanol–water partition coefficient (Wildman–Crippen LogP) is 5.23. The molecular formula is C16H25BrO. The van der Waals surface area contributed by atoms with Crippen LogP contribution in [0.5, 0.6) is 5.75 Å². The third-order valence-corrected chi connectivity index (χ3v) is 4.61. The monoisotopic (exact) mass is 312 g/mol. The predicted molar refractivity (Wildman–Crippen MR) is 83.1 cm³/mol. The Morgan fingerprint density at radius 3 is 2.17 bits per heavy atom. The first-order valence-electron chi connectivity index (χ1n) is 6.81. The van der Waals surface area contributed by atoms with E-state index >= 15 is 0 Å². The Labute approximate surface area is 120 Å². The fourth-order valence-corrected chi connectivity index (χ4v) is 2.94. The number of alkyl halides is 1. The molecule has 0 spiro atoms. The Morgan fingerprint density at radius 2 is 1.72 bits per heavy atom. The van der Waals surface area contributed by atoms with Crippen LogP contribution in [0.1, 0.15) is 49.8 Å². The van der Waals surface area contributed by atoms with Crippen LogP contribution in [0.3, 0.4) is 0 Å². The zero-order valence-corrected chi connectivity index (χ0v) is 13.8. The van der Waals surface area contributed by atoms with E-state index in [-0.39, 0.29) is 0 Å². The molecule has 0 N–H and O–H groups in total. The first-order valence-corrected chi connectivity index (χ1v) is 7.93. The molecule has 0 amide bonds. The fraction of sp³-hybridized carbons (Fsp3) is 0.625. The summed E-state index contributed by atoms with van der Waals surface area (Å²) in [6.45, 7) is 11.9. The van der Waals surface area contributed by atoms with Gasteiger partial charge in [0.15, 0.2) is 0 Å². The molecule has 0 fully saturated rings. The summed E-state index contributed by atoms with van der Waals surface area (Å²) in [7, 11) is 0. The zero-order chi connectivity index (χ0) is 13.7. The van der Waals surface area contributed by atoms with Crippen LogP contribution < -0.4 is 4.74 Å². The zero-order valence-electron chi connectivity index (χ0n) is 12.2. The van der Waals surface area contributed by atoms with Crippen molar-refractivity contribution in [2.45, 2.75) is 47.0 Å². The van der Waals surface area contributed by atoms with Crippen LogP contribution in [-0.2, 0) is 0 Å². The number of aryl methyl sites for hydroxylation is 2. The van der Waals surface area contributed by atoms with Crippen LogP contribution in [0.25, 0.3) is 0 Å². The van der Waals surface area contributed by atoms with Gasteiger partial charge >= 0.3 is 0 Å². The van der Waals surface area contributed by atoms with Gasteiger partial charge in [0.25, 0.3) is 0 Å². The molecule has 1 aromatic rings. The minimum absolute atomic E-state index is 0.574. The van der Waals surface area contributed by atoms with Crippen molar-refractivity contribution in [3.63, 3.8) is 0 Å². The van der Waals surface area contributed by atoms with Crippen LogP contribution in [0.4, 0.5) is 0 Å². The van der Waals surface area contributed by atoms with E-state index in [1.807, 2.05) is 0 Å². The van der Waals surface area contributed by atoms with Crippen LogP contribution in [0, 0.1) is 19.8 Å². The molecule has 102 valence electrons. The van der Waals surface area contributed by atoms with E-state index in [9.17, 15) is 0 Å². The van der Waals surface area contributed by atoms with Gasteiger partial charge in [-0.25, -0.2) is 0 Å². The molecule has 1 rings (SSSR count). The van der Waals surface area contributed by atoms with Crippen LogP contribution in [0.2, 0.25) is 0 Å². The smallest absolute Gasteiger partial charge is 0.119 e. The highest BCUT2D eigenvalue weighted by Gasteiger charge is 2.18. The Bertz CT molecular complexity index is 364.